The number of carbonyl (C=O) groups excluding carboxylic acids is 1. The highest BCUT2D eigenvalue weighted by molar-refractivity contribution is 6.10. The zero-order valence-electron chi connectivity index (χ0n) is 18.4. The number of fused-ring (bicyclic) bond motifs is 3. The molecule has 0 aliphatic carbocycles. The van der Waals surface area contributed by atoms with Gasteiger partial charge in [0.05, 0.1) is 18.8 Å². The smallest absolute Gasteiger partial charge is 0.334 e. The molecule has 0 aromatic heterocycles. The van der Waals surface area contributed by atoms with Crippen molar-refractivity contribution in [3.05, 3.63) is 59.2 Å². The second-order valence-electron chi connectivity index (χ2n) is 8.41. The number of nitrogens with one attached hydrogen (secondary N) is 1. The van der Waals surface area contributed by atoms with Crippen molar-refractivity contribution in [2.75, 3.05) is 37.7 Å². The van der Waals surface area contributed by atoms with E-state index in [1.54, 1.807) is 0 Å². The van der Waals surface area contributed by atoms with E-state index in [-0.39, 0.29) is 5.97 Å². The van der Waals surface area contributed by atoms with Crippen LogP contribution in [-0.2, 0) is 9.53 Å². The summed E-state index contributed by atoms with van der Waals surface area (Å²) in [7, 11) is 0. The van der Waals surface area contributed by atoms with Gasteiger partial charge in [-0.15, -0.1) is 0 Å². The molecular formula is C26H28N4O2. The first kappa shape index (κ1) is 20.5. The summed E-state index contributed by atoms with van der Waals surface area (Å²) in [5.74, 6) is 1.27. The molecule has 164 valence electrons. The first-order chi connectivity index (χ1) is 15.6. The summed E-state index contributed by atoms with van der Waals surface area (Å²) < 4.78 is 5.26. The fraction of sp³-hybridized carbons (Fsp3) is 0.346. The molecule has 3 aliphatic heterocycles. The molecule has 3 heterocycles. The van der Waals surface area contributed by atoms with Gasteiger partial charge in [0.1, 0.15) is 11.7 Å². The summed E-state index contributed by atoms with van der Waals surface area (Å²) in [6, 6.07) is 14.6. The fourth-order valence-electron chi connectivity index (χ4n) is 4.69. The summed E-state index contributed by atoms with van der Waals surface area (Å²) in [5.41, 5.74) is 5.92. The largest absolute Gasteiger partial charge is 0.463 e. The maximum Gasteiger partial charge on any atom is 0.334 e. The quantitative estimate of drug-likeness (QED) is 0.447. The maximum atomic E-state index is 12.4. The number of rotatable bonds is 4. The van der Waals surface area contributed by atoms with Crippen LogP contribution in [0, 0.1) is 5.41 Å². The minimum Gasteiger partial charge on any atom is -0.463 e. The average molecular weight is 429 g/mol. The first-order valence-corrected chi connectivity index (χ1v) is 11.4. The molecule has 3 aliphatic rings. The van der Waals surface area contributed by atoms with Gasteiger partial charge in [0.25, 0.3) is 0 Å². The molecule has 0 saturated carbocycles. The maximum absolute atomic E-state index is 12.4. The molecule has 1 N–H and O–H groups in total. The highest BCUT2D eigenvalue weighted by Crippen LogP contribution is 2.35. The van der Waals surface area contributed by atoms with Gasteiger partial charge in [0.2, 0.25) is 0 Å². The summed E-state index contributed by atoms with van der Waals surface area (Å²) in [5, 5.41) is 8.48. The third-order valence-corrected chi connectivity index (χ3v) is 6.38. The zero-order chi connectivity index (χ0) is 22.1. The van der Waals surface area contributed by atoms with Crippen LogP contribution in [-0.4, -0.2) is 55.3 Å². The minimum absolute atomic E-state index is 0.269. The molecule has 0 atom stereocenters. The van der Waals surface area contributed by atoms with Gasteiger partial charge in [-0.3, -0.25) is 10.4 Å². The number of nitrogens with zero attached hydrogens (tertiary/aromatic N) is 3. The van der Waals surface area contributed by atoms with Crippen molar-refractivity contribution in [3.63, 3.8) is 0 Å². The normalized spacial score (nSPS) is 17.3. The number of aliphatic imine (C=N–C) groups is 1. The number of hydrogen-bond acceptors (Lipinski definition) is 5. The van der Waals surface area contributed by atoms with E-state index in [9.17, 15) is 4.79 Å². The second kappa shape index (κ2) is 8.61. The minimum atomic E-state index is -0.269. The van der Waals surface area contributed by atoms with E-state index < -0.39 is 0 Å². The molecule has 0 amide bonds. The number of esters is 1. The Bertz CT molecular complexity index is 1110. The Balaban J connectivity index is 1.46. The van der Waals surface area contributed by atoms with Crippen LogP contribution in [0.3, 0.4) is 0 Å². The van der Waals surface area contributed by atoms with E-state index in [1.165, 1.54) is 12.8 Å². The summed E-state index contributed by atoms with van der Waals surface area (Å²) in [6.45, 7) is 5.71. The van der Waals surface area contributed by atoms with E-state index in [2.05, 4.69) is 45.1 Å². The van der Waals surface area contributed by atoms with Crippen molar-refractivity contribution < 1.29 is 9.53 Å². The van der Waals surface area contributed by atoms with Crippen molar-refractivity contribution in [2.45, 2.75) is 26.2 Å². The van der Waals surface area contributed by atoms with E-state index in [0.717, 1.165) is 60.0 Å². The summed E-state index contributed by atoms with van der Waals surface area (Å²) in [4.78, 5) is 21.5. The van der Waals surface area contributed by atoms with E-state index in [1.807, 2.05) is 25.1 Å². The van der Waals surface area contributed by atoms with Crippen LogP contribution < -0.4 is 4.90 Å². The standard InChI is InChI=1S/C26H28N4O2/c1-2-32-26(31)22-15-21-10-9-20(16-23(21)30-14-11-28-24(30)17-22)18-5-7-19(8-6-18)25(27)29-12-3-4-13-29/h5-10,15-16,27H,2-4,11-14,17H2,1H3. The first-order valence-electron chi connectivity index (χ1n) is 11.4. The molecule has 32 heavy (non-hydrogen) atoms. The number of anilines is 1. The summed E-state index contributed by atoms with van der Waals surface area (Å²) in [6.07, 6.45) is 4.78. The number of hydrogen-bond donors (Lipinski definition) is 1. The average Bonchev–Trinajstić information content (AvgIpc) is 3.49. The molecule has 2 aromatic rings. The molecule has 1 saturated heterocycles. The zero-order valence-corrected chi connectivity index (χ0v) is 18.4. The van der Waals surface area contributed by atoms with E-state index >= 15 is 0 Å². The lowest BCUT2D eigenvalue weighted by Gasteiger charge is -2.22. The third-order valence-electron chi connectivity index (χ3n) is 6.38. The van der Waals surface area contributed by atoms with Crippen molar-refractivity contribution in [3.8, 4) is 11.1 Å². The van der Waals surface area contributed by atoms with Gasteiger partial charge in [-0.25, -0.2) is 4.79 Å². The van der Waals surface area contributed by atoms with Gasteiger partial charge in [0.15, 0.2) is 0 Å². The van der Waals surface area contributed by atoms with Crippen LogP contribution in [0.15, 0.2) is 53.0 Å². The lowest BCUT2D eigenvalue weighted by Crippen LogP contribution is -2.28. The molecule has 5 rings (SSSR count). The predicted octanol–water partition coefficient (Wildman–Crippen LogP) is 4.34. The molecule has 0 spiro atoms. The molecule has 1 fully saturated rings. The van der Waals surface area contributed by atoms with Gasteiger partial charge in [0, 0.05) is 37.2 Å². The van der Waals surface area contributed by atoms with Crippen LogP contribution in [0.4, 0.5) is 5.69 Å². The Morgan fingerprint density at radius 3 is 2.56 bits per heavy atom. The lowest BCUT2D eigenvalue weighted by atomic mass is 9.99. The number of benzene rings is 2. The molecule has 6 nitrogen and oxygen atoms in total. The lowest BCUT2D eigenvalue weighted by molar-refractivity contribution is -0.138. The highest BCUT2D eigenvalue weighted by Gasteiger charge is 2.28. The molecule has 0 radical (unpaired) electrons. The van der Waals surface area contributed by atoms with E-state index in [4.69, 9.17) is 10.1 Å². The van der Waals surface area contributed by atoms with Crippen LogP contribution in [0.1, 0.15) is 37.3 Å². The van der Waals surface area contributed by atoms with Crippen molar-refractivity contribution >= 4 is 29.4 Å². The third kappa shape index (κ3) is 3.81. The molecule has 2 aromatic carbocycles. The topological polar surface area (TPSA) is 69.0 Å². The highest BCUT2D eigenvalue weighted by atomic mass is 16.5. The Labute approximate surface area is 188 Å². The van der Waals surface area contributed by atoms with Gasteiger partial charge in [-0.2, -0.15) is 0 Å². The van der Waals surface area contributed by atoms with Gasteiger partial charge < -0.3 is 14.5 Å². The fourth-order valence-corrected chi connectivity index (χ4v) is 4.69. The van der Waals surface area contributed by atoms with Crippen molar-refractivity contribution in [2.24, 2.45) is 4.99 Å². The number of carbonyl (C=O) groups is 1. The molecule has 0 unspecified atom stereocenters. The predicted molar refractivity (Wildman–Crippen MR) is 128 cm³/mol. The Morgan fingerprint density at radius 1 is 1.06 bits per heavy atom. The number of likely N-dealkylation sites (tertiary alicyclic amines) is 1. The molecule has 0 bridgehead atoms. The van der Waals surface area contributed by atoms with Gasteiger partial charge >= 0.3 is 5.97 Å². The number of ether oxygens (including phenoxy) is 1. The Morgan fingerprint density at radius 2 is 1.81 bits per heavy atom. The van der Waals surface area contributed by atoms with Gasteiger partial charge in [-0.1, -0.05) is 36.4 Å². The molecule has 6 heteroatoms. The number of amidine groups is 2. The SMILES string of the molecule is CCOC(=O)C1=Cc2ccc(-c3ccc(C(=N)N4CCCC4)cc3)cc2N2CCN=C2C1. The Hall–Kier alpha value is -3.41. The van der Waals surface area contributed by atoms with Crippen LogP contribution in [0.5, 0.6) is 0 Å². The molecular weight excluding hydrogens is 400 g/mol. The van der Waals surface area contributed by atoms with Gasteiger partial charge in [-0.05, 0) is 48.6 Å². The summed E-state index contributed by atoms with van der Waals surface area (Å²) >= 11 is 0. The van der Waals surface area contributed by atoms with Crippen LogP contribution in [0.2, 0.25) is 0 Å². The van der Waals surface area contributed by atoms with Crippen LogP contribution in [0.25, 0.3) is 17.2 Å². The van der Waals surface area contributed by atoms with Crippen molar-refractivity contribution in [1.82, 2.24) is 4.90 Å². The van der Waals surface area contributed by atoms with Crippen LogP contribution >= 0.6 is 0 Å². The second-order valence-corrected chi connectivity index (χ2v) is 8.41. The van der Waals surface area contributed by atoms with Crippen molar-refractivity contribution in [1.29, 1.82) is 5.41 Å². The Kier molecular flexibility index (Phi) is 5.52. The monoisotopic (exact) mass is 428 g/mol. The van der Waals surface area contributed by atoms with E-state index in [0.29, 0.717) is 24.4 Å².